The zero-order valence-corrected chi connectivity index (χ0v) is 10.6. The SMILES string of the molecule is COc1ccc(CN2CCOCC2)cc1C(=N)N. The minimum atomic E-state index is 0.0377. The number of morpholine rings is 1. The molecule has 1 heterocycles. The summed E-state index contributed by atoms with van der Waals surface area (Å²) < 4.78 is 10.5. The molecule has 1 aliphatic heterocycles. The Balaban J connectivity index is 2.13. The number of hydrogen-bond acceptors (Lipinski definition) is 4. The van der Waals surface area contributed by atoms with Gasteiger partial charge >= 0.3 is 0 Å². The number of benzene rings is 1. The Labute approximate surface area is 107 Å². The Bertz CT molecular complexity index is 428. The van der Waals surface area contributed by atoms with Gasteiger partial charge in [0.1, 0.15) is 11.6 Å². The maximum absolute atomic E-state index is 7.56. The second-order valence-electron chi connectivity index (χ2n) is 4.34. The van der Waals surface area contributed by atoms with Crippen molar-refractivity contribution in [1.82, 2.24) is 4.90 Å². The summed E-state index contributed by atoms with van der Waals surface area (Å²) in [6.45, 7) is 4.32. The highest BCUT2D eigenvalue weighted by molar-refractivity contribution is 5.97. The third-order valence-corrected chi connectivity index (χ3v) is 3.06. The van der Waals surface area contributed by atoms with E-state index in [0.29, 0.717) is 11.3 Å². The summed E-state index contributed by atoms with van der Waals surface area (Å²) in [5, 5.41) is 7.56. The van der Waals surface area contributed by atoms with Crippen molar-refractivity contribution in [1.29, 1.82) is 5.41 Å². The Hall–Kier alpha value is -1.59. The molecule has 1 fully saturated rings. The predicted molar refractivity (Wildman–Crippen MR) is 70.1 cm³/mol. The Morgan fingerprint density at radius 3 is 2.78 bits per heavy atom. The van der Waals surface area contributed by atoms with Crippen LogP contribution in [-0.2, 0) is 11.3 Å². The number of nitrogens with zero attached hydrogens (tertiary/aromatic N) is 1. The maximum Gasteiger partial charge on any atom is 0.129 e. The second-order valence-corrected chi connectivity index (χ2v) is 4.34. The van der Waals surface area contributed by atoms with Gasteiger partial charge in [0.2, 0.25) is 0 Å². The van der Waals surface area contributed by atoms with Crippen LogP contribution in [-0.4, -0.2) is 44.1 Å². The number of amidine groups is 1. The normalized spacial score (nSPS) is 16.5. The van der Waals surface area contributed by atoms with Gasteiger partial charge in [-0.3, -0.25) is 10.3 Å². The van der Waals surface area contributed by atoms with Crippen LogP contribution in [0.3, 0.4) is 0 Å². The monoisotopic (exact) mass is 249 g/mol. The molecule has 1 saturated heterocycles. The van der Waals surface area contributed by atoms with Crippen molar-refractivity contribution in [3.8, 4) is 5.75 Å². The standard InChI is InChI=1S/C13H19N3O2/c1-17-12-3-2-10(8-11(12)13(14)15)9-16-4-6-18-7-5-16/h2-3,8H,4-7,9H2,1H3,(H3,14,15). The van der Waals surface area contributed by atoms with E-state index >= 15 is 0 Å². The highest BCUT2D eigenvalue weighted by Crippen LogP contribution is 2.20. The lowest BCUT2D eigenvalue weighted by Gasteiger charge is -2.26. The largest absolute Gasteiger partial charge is 0.496 e. The molecular formula is C13H19N3O2. The zero-order valence-electron chi connectivity index (χ0n) is 10.6. The van der Waals surface area contributed by atoms with Crippen LogP contribution < -0.4 is 10.5 Å². The highest BCUT2D eigenvalue weighted by Gasteiger charge is 2.12. The van der Waals surface area contributed by atoms with E-state index in [4.69, 9.17) is 20.6 Å². The summed E-state index contributed by atoms with van der Waals surface area (Å²) >= 11 is 0. The first-order chi connectivity index (χ1) is 8.70. The predicted octanol–water partition coefficient (Wildman–Crippen LogP) is 0.811. The lowest BCUT2D eigenvalue weighted by molar-refractivity contribution is 0.0342. The fraction of sp³-hybridized carbons (Fsp3) is 0.462. The minimum Gasteiger partial charge on any atom is -0.496 e. The summed E-state index contributed by atoms with van der Waals surface area (Å²) in [5.74, 6) is 0.684. The van der Waals surface area contributed by atoms with E-state index in [1.807, 2.05) is 18.2 Å². The Morgan fingerprint density at radius 1 is 1.44 bits per heavy atom. The van der Waals surface area contributed by atoms with Crippen LogP contribution in [0.1, 0.15) is 11.1 Å². The fourth-order valence-corrected chi connectivity index (χ4v) is 2.08. The van der Waals surface area contributed by atoms with E-state index in [1.165, 1.54) is 0 Å². The van der Waals surface area contributed by atoms with Gasteiger partial charge in [0, 0.05) is 19.6 Å². The van der Waals surface area contributed by atoms with Crippen molar-refractivity contribution >= 4 is 5.84 Å². The number of nitrogens with two attached hydrogens (primary N) is 1. The van der Waals surface area contributed by atoms with Crippen molar-refractivity contribution in [2.24, 2.45) is 5.73 Å². The van der Waals surface area contributed by atoms with Crippen molar-refractivity contribution < 1.29 is 9.47 Å². The van der Waals surface area contributed by atoms with E-state index in [0.717, 1.165) is 38.4 Å². The fourth-order valence-electron chi connectivity index (χ4n) is 2.08. The number of methoxy groups -OCH3 is 1. The van der Waals surface area contributed by atoms with Gasteiger partial charge < -0.3 is 15.2 Å². The molecule has 1 aromatic carbocycles. The van der Waals surface area contributed by atoms with Crippen LogP contribution in [0.4, 0.5) is 0 Å². The van der Waals surface area contributed by atoms with Crippen LogP contribution in [0.25, 0.3) is 0 Å². The molecule has 18 heavy (non-hydrogen) atoms. The molecule has 98 valence electrons. The molecule has 3 N–H and O–H groups in total. The number of ether oxygens (including phenoxy) is 2. The van der Waals surface area contributed by atoms with Crippen LogP contribution in [0, 0.1) is 5.41 Å². The Morgan fingerprint density at radius 2 is 2.17 bits per heavy atom. The number of hydrogen-bond donors (Lipinski definition) is 2. The van der Waals surface area contributed by atoms with Gasteiger partial charge in [-0.05, 0) is 17.7 Å². The van der Waals surface area contributed by atoms with E-state index in [-0.39, 0.29) is 5.84 Å². The molecule has 2 rings (SSSR count). The lowest BCUT2D eigenvalue weighted by Crippen LogP contribution is -2.35. The quantitative estimate of drug-likeness (QED) is 0.612. The van der Waals surface area contributed by atoms with Crippen molar-refractivity contribution in [3.63, 3.8) is 0 Å². The van der Waals surface area contributed by atoms with Gasteiger partial charge in [0.15, 0.2) is 0 Å². The van der Waals surface area contributed by atoms with Gasteiger partial charge in [-0.15, -0.1) is 0 Å². The molecule has 0 aliphatic carbocycles. The molecule has 0 spiro atoms. The summed E-state index contributed by atoms with van der Waals surface area (Å²) in [4.78, 5) is 2.33. The number of nitrogen functional groups attached to an aromatic ring is 1. The molecule has 0 bridgehead atoms. The van der Waals surface area contributed by atoms with Crippen molar-refractivity contribution in [2.75, 3.05) is 33.4 Å². The molecule has 0 amide bonds. The molecule has 0 aromatic heterocycles. The number of rotatable bonds is 4. The van der Waals surface area contributed by atoms with Gasteiger partial charge in [-0.1, -0.05) is 6.07 Å². The molecule has 1 aromatic rings. The van der Waals surface area contributed by atoms with Crippen LogP contribution in [0.15, 0.2) is 18.2 Å². The topological polar surface area (TPSA) is 71.6 Å². The van der Waals surface area contributed by atoms with Gasteiger partial charge in [-0.25, -0.2) is 0 Å². The molecular weight excluding hydrogens is 230 g/mol. The summed E-state index contributed by atoms with van der Waals surface area (Å²) in [6.07, 6.45) is 0. The highest BCUT2D eigenvalue weighted by atomic mass is 16.5. The molecule has 0 saturated carbocycles. The average Bonchev–Trinajstić information content (AvgIpc) is 2.40. The van der Waals surface area contributed by atoms with Gasteiger partial charge in [0.05, 0.1) is 25.9 Å². The van der Waals surface area contributed by atoms with Crippen LogP contribution >= 0.6 is 0 Å². The van der Waals surface area contributed by atoms with E-state index in [1.54, 1.807) is 7.11 Å². The molecule has 0 unspecified atom stereocenters. The molecule has 0 radical (unpaired) electrons. The van der Waals surface area contributed by atoms with Crippen LogP contribution in [0.5, 0.6) is 5.75 Å². The van der Waals surface area contributed by atoms with E-state index < -0.39 is 0 Å². The van der Waals surface area contributed by atoms with Crippen molar-refractivity contribution in [2.45, 2.75) is 6.54 Å². The molecule has 1 aliphatic rings. The zero-order chi connectivity index (χ0) is 13.0. The first kappa shape index (κ1) is 12.9. The Kier molecular flexibility index (Phi) is 4.17. The van der Waals surface area contributed by atoms with Crippen molar-refractivity contribution in [3.05, 3.63) is 29.3 Å². The molecule has 5 nitrogen and oxygen atoms in total. The summed E-state index contributed by atoms with van der Waals surface area (Å²) in [7, 11) is 1.59. The number of nitrogens with one attached hydrogen (secondary N) is 1. The third-order valence-electron chi connectivity index (χ3n) is 3.06. The van der Waals surface area contributed by atoms with E-state index in [9.17, 15) is 0 Å². The third kappa shape index (κ3) is 3.00. The first-order valence-electron chi connectivity index (χ1n) is 6.02. The first-order valence-corrected chi connectivity index (χ1v) is 6.02. The van der Waals surface area contributed by atoms with Gasteiger partial charge in [0.25, 0.3) is 0 Å². The minimum absolute atomic E-state index is 0.0377. The average molecular weight is 249 g/mol. The van der Waals surface area contributed by atoms with E-state index in [2.05, 4.69) is 4.90 Å². The molecule has 0 atom stereocenters. The smallest absolute Gasteiger partial charge is 0.129 e. The van der Waals surface area contributed by atoms with Crippen LogP contribution in [0.2, 0.25) is 0 Å². The maximum atomic E-state index is 7.56. The van der Waals surface area contributed by atoms with Gasteiger partial charge in [-0.2, -0.15) is 0 Å². The summed E-state index contributed by atoms with van der Waals surface area (Å²) in [6, 6.07) is 5.81. The summed E-state index contributed by atoms with van der Waals surface area (Å²) in [5.41, 5.74) is 7.36. The second kappa shape index (κ2) is 5.84. The molecule has 5 heteroatoms. The lowest BCUT2D eigenvalue weighted by atomic mass is 10.1.